The lowest BCUT2D eigenvalue weighted by Gasteiger charge is -2.18. The maximum atomic E-state index is 6.21. The van der Waals surface area contributed by atoms with Crippen LogP contribution in [0.3, 0.4) is 0 Å². The lowest BCUT2D eigenvalue weighted by molar-refractivity contribution is 0.543. The normalized spacial score (nSPS) is 11.7. The zero-order chi connectivity index (χ0) is 103. The fraction of sp³-hybridized carbons (Fsp3) is 0.153. The quantitative estimate of drug-likeness (QED) is 0.104. The van der Waals surface area contributed by atoms with Gasteiger partial charge >= 0.3 is 0 Å². The molecular formula is C131H113N15O3. The summed E-state index contributed by atoms with van der Waals surface area (Å²) in [6.07, 6.45) is 0. The minimum atomic E-state index is -0.205. The van der Waals surface area contributed by atoms with Crippen molar-refractivity contribution in [2.75, 3.05) is 0 Å². The summed E-state index contributed by atoms with van der Waals surface area (Å²) < 4.78 is 18.2. The average Bonchev–Trinajstić information content (AvgIpc) is 1.62. The van der Waals surface area contributed by atoms with Gasteiger partial charge in [0.1, 0.15) is 62.6 Å². The van der Waals surface area contributed by atoms with Crippen molar-refractivity contribution in [3.63, 3.8) is 0 Å². The third-order valence-electron chi connectivity index (χ3n) is 25.3. The molecular weight excluding hydrogens is 1830 g/mol. The Morgan fingerprint density at radius 2 is 0.336 bits per heavy atom. The first-order valence-electron chi connectivity index (χ1n) is 50.2. The monoisotopic (exact) mass is 1940 g/mol. The van der Waals surface area contributed by atoms with Gasteiger partial charge in [0.05, 0.1) is 5.56 Å². The van der Waals surface area contributed by atoms with Crippen LogP contribution in [0.5, 0.6) is 0 Å². The molecule has 16 aromatic carbocycles. The number of nitrogens with zero attached hydrogens (tertiary/aromatic N) is 15. The van der Waals surface area contributed by atoms with Gasteiger partial charge in [0.15, 0.2) is 58.2 Å². The molecule has 8 aromatic heterocycles. The second kappa shape index (κ2) is 42.0. The van der Waals surface area contributed by atoms with Gasteiger partial charge in [-0.3, -0.25) is 0 Å². The van der Waals surface area contributed by atoms with Gasteiger partial charge in [-0.25, -0.2) is 74.8 Å². The van der Waals surface area contributed by atoms with Crippen LogP contribution in [0.25, 0.3) is 213 Å². The van der Waals surface area contributed by atoms with E-state index < -0.39 is 0 Å². The van der Waals surface area contributed by atoms with Crippen molar-refractivity contribution in [1.29, 1.82) is 0 Å². The molecule has 0 aliphatic carbocycles. The minimum Gasteiger partial charge on any atom is -0.456 e. The highest BCUT2D eigenvalue weighted by Gasteiger charge is 2.29. The minimum absolute atomic E-state index is 0.162. The SMILES string of the molecule is CC(C)(C)c1nc(-c2ccc(-c3ccccc3)cc2)nc(-c2ccc(-c3ccccc3)cc2)n1.CC(C)(C)c1nc(-c2ccccc2)nc(-c2ccc(-c3ccccc3)cc2)n1.CC(C)(C)c1nc(-c2ccccc2)nc(-c2ccc3c(c2)oc2ccccc23)n1.CC(C)(C)c1nc(-c2ccccc2)nc(-c2ccc3oc4ccccc4c3c2)n1.CC(C)(C)c1nc(-c2ccccc2)nc(-c2cccc3c2oc2ccccc23)n1. The van der Waals surface area contributed by atoms with Crippen molar-refractivity contribution in [3.8, 4) is 147 Å². The second-order valence-corrected chi connectivity index (χ2v) is 42.0. The summed E-state index contributed by atoms with van der Waals surface area (Å²) in [6.45, 7) is 31.8. The molecule has 18 heteroatoms. The summed E-state index contributed by atoms with van der Waals surface area (Å²) >= 11 is 0. The predicted molar refractivity (Wildman–Crippen MR) is 605 cm³/mol. The van der Waals surface area contributed by atoms with E-state index >= 15 is 0 Å². The molecule has 24 rings (SSSR count). The zero-order valence-electron chi connectivity index (χ0n) is 86.2. The van der Waals surface area contributed by atoms with Crippen LogP contribution in [0, 0.1) is 0 Å². The van der Waals surface area contributed by atoms with E-state index in [1.165, 1.54) is 33.4 Å². The first kappa shape index (κ1) is 98.4. The molecule has 0 spiro atoms. The summed E-state index contributed by atoms with van der Waals surface area (Å²) in [6, 6.07) is 139. The molecule has 0 atom stereocenters. The van der Waals surface area contributed by atoms with Gasteiger partial charge in [-0.15, -0.1) is 0 Å². The molecule has 0 aliphatic heterocycles. The van der Waals surface area contributed by atoms with Crippen LogP contribution < -0.4 is 0 Å². The standard InChI is InChI=1S/C31H27N3.3C25H21N3O.C25H23N3/c1-31(2,3)30-33-28(26-18-14-24(15-19-26)22-10-6-4-7-11-22)32-29(34-30)27-20-16-25(17-21-27)23-12-8-5-9-13-23;1-25(2,3)24-27-22(16-10-5-4-6-11-16)26-23(28-24)19-14-9-13-18-17-12-7-8-15-20(17)29-21(18)19;1-25(2,3)24-27-22(16-9-5-4-6-10-16)26-23(28-24)17-13-14-21-19(15-17)18-11-7-8-12-20(18)29-21;1-25(2,3)24-27-22(16-9-5-4-6-10-16)26-23(28-24)17-13-14-19-18-11-7-8-12-20(18)29-21(19)15-17;1-25(2,3)24-27-22(20-12-8-5-9-13-20)26-23(28-24)21-16-14-19(15-17-21)18-10-6-4-7-11-18/h4-21H,1-3H3;3*4-15H,1-3H3;4-17H,1-3H3. The molecule has 0 amide bonds. The van der Waals surface area contributed by atoms with E-state index in [9.17, 15) is 0 Å². The molecule has 149 heavy (non-hydrogen) atoms. The first-order valence-corrected chi connectivity index (χ1v) is 50.2. The van der Waals surface area contributed by atoms with Gasteiger partial charge in [0.2, 0.25) is 0 Å². The van der Waals surface area contributed by atoms with Crippen molar-refractivity contribution in [3.05, 3.63) is 442 Å². The number of hydrogen-bond acceptors (Lipinski definition) is 18. The van der Waals surface area contributed by atoms with Crippen LogP contribution in [-0.2, 0) is 27.1 Å². The molecule has 0 aliphatic rings. The van der Waals surface area contributed by atoms with Crippen LogP contribution in [-0.4, -0.2) is 74.8 Å². The van der Waals surface area contributed by atoms with Crippen molar-refractivity contribution in [2.45, 2.75) is 131 Å². The molecule has 0 saturated carbocycles. The third kappa shape index (κ3) is 22.6. The smallest absolute Gasteiger partial charge is 0.167 e. The molecule has 0 N–H and O–H groups in total. The highest BCUT2D eigenvalue weighted by molar-refractivity contribution is 6.10. The molecule has 8 heterocycles. The summed E-state index contributed by atoms with van der Waals surface area (Å²) in [5.74, 6) is 10.7. The Labute approximate surface area is 867 Å². The summed E-state index contributed by atoms with van der Waals surface area (Å²) in [5, 5.41) is 6.53. The number of aromatic nitrogens is 15. The van der Waals surface area contributed by atoms with E-state index in [2.05, 4.69) is 292 Å². The molecule has 0 saturated heterocycles. The number of hydrogen-bond donors (Lipinski definition) is 0. The van der Waals surface area contributed by atoms with Crippen molar-refractivity contribution in [2.24, 2.45) is 0 Å². The number of rotatable bonds is 13. The van der Waals surface area contributed by atoms with Gasteiger partial charge in [-0.2, -0.15) is 0 Å². The summed E-state index contributed by atoms with van der Waals surface area (Å²) in [7, 11) is 0. The maximum absolute atomic E-state index is 6.21. The Hall–Kier alpha value is -18.0. The number of benzene rings is 16. The second-order valence-electron chi connectivity index (χ2n) is 42.0. The lowest BCUT2D eigenvalue weighted by atomic mass is 9.95. The van der Waals surface area contributed by atoms with Crippen molar-refractivity contribution in [1.82, 2.24) is 74.8 Å². The molecule has 0 radical (unpaired) electrons. The first-order chi connectivity index (χ1) is 72.0. The van der Waals surface area contributed by atoms with E-state index in [1.807, 2.05) is 224 Å². The van der Waals surface area contributed by atoms with Gasteiger partial charge in [-0.05, 0) is 88.0 Å². The maximum Gasteiger partial charge on any atom is 0.167 e. The third-order valence-corrected chi connectivity index (χ3v) is 25.3. The molecule has 24 aromatic rings. The summed E-state index contributed by atoms with van der Waals surface area (Å²) in [5.41, 5.74) is 20.9. The number of furan rings is 3. The Morgan fingerprint density at radius 3 is 0.658 bits per heavy atom. The van der Waals surface area contributed by atoms with E-state index in [4.69, 9.17) is 88.0 Å². The topological polar surface area (TPSA) is 233 Å². The fourth-order valence-electron chi connectivity index (χ4n) is 17.2. The Bertz CT molecular complexity index is 8730. The zero-order valence-corrected chi connectivity index (χ0v) is 86.2. The van der Waals surface area contributed by atoms with E-state index in [1.54, 1.807) is 0 Å². The largest absolute Gasteiger partial charge is 0.456 e. The van der Waals surface area contributed by atoms with E-state index in [0.29, 0.717) is 58.2 Å². The molecule has 730 valence electrons. The lowest BCUT2D eigenvalue weighted by Crippen LogP contribution is -2.18. The fourth-order valence-corrected chi connectivity index (χ4v) is 17.2. The van der Waals surface area contributed by atoms with Gasteiger partial charge in [-0.1, -0.05) is 462 Å². The Morgan fingerprint density at radius 1 is 0.134 bits per heavy atom. The Balaban J connectivity index is 0.000000113. The van der Waals surface area contributed by atoms with Gasteiger partial charge < -0.3 is 13.3 Å². The van der Waals surface area contributed by atoms with Crippen LogP contribution in [0.2, 0.25) is 0 Å². The van der Waals surface area contributed by atoms with Gasteiger partial charge in [0.25, 0.3) is 0 Å². The van der Waals surface area contributed by atoms with Crippen molar-refractivity contribution < 1.29 is 13.3 Å². The van der Waals surface area contributed by atoms with Crippen LogP contribution in [0.15, 0.2) is 426 Å². The highest BCUT2D eigenvalue weighted by atomic mass is 16.3. The highest BCUT2D eigenvalue weighted by Crippen LogP contribution is 2.41. The molecule has 0 fully saturated rings. The van der Waals surface area contributed by atoms with Crippen LogP contribution in [0.1, 0.15) is 133 Å². The van der Waals surface area contributed by atoms with E-state index in [0.717, 1.165) is 151 Å². The Kier molecular flexibility index (Phi) is 27.7. The summed E-state index contributed by atoms with van der Waals surface area (Å²) in [4.78, 5) is 72.0. The molecule has 0 unspecified atom stereocenters. The predicted octanol–water partition coefficient (Wildman–Crippen LogP) is 33.2. The van der Waals surface area contributed by atoms with Gasteiger partial charge in [0, 0.05) is 109 Å². The average molecular weight is 1950 g/mol. The van der Waals surface area contributed by atoms with Crippen molar-refractivity contribution >= 4 is 65.8 Å². The number of para-hydroxylation sites is 4. The van der Waals surface area contributed by atoms with Crippen LogP contribution in [0.4, 0.5) is 0 Å². The van der Waals surface area contributed by atoms with Crippen LogP contribution >= 0.6 is 0 Å². The number of fused-ring (bicyclic) bond motifs is 9. The van der Waals surface area contributed by atoms with E-state index in [-0.39, 0.29) is 27.1 Å². The molecule has 18 nitrogen and oxygen atoms in total. The molecule has 0 bridgehead atoms.